The van der Waals surface area contributed by atoms with Crippen LogP contribution >= 0.6 is 0 Å². The number of hydrogen-bond donors (Lipinski definition) is 0. The van der Waals surface area contributed by atoms with Crippen molar-refractivity contribution < 1.29 is 0 Å². The maximum Gasteiger partial charge on any atom is 0.149 e. The van der Waals surface area contributed by atoms with Gasteiger partial charge in [-0.25, -0.2) is 0 Å². The van der Waals surface area contributed by atoms with Crippen LogP contribution in [0.4, 0.5) is 0 Å². The van der Waals surface area contributed by atoms with E-state index in [1.165, 1.54) is 5.47 Å². The van der Waals surface area contributed by atoms with Crippen LogP contribution in [0.1, 0.15) is 13.8 Å². The van der Waals surface area contributed by atoms with Crippen molar-refractivity contribution in [3.05, 3.63) is 36.4 Å². The molecule has 60 valence electrons. The molecule has 0 saturated heterocycles. The van der Waals surface area contributed by atoms with Gasteiger partial charge in [0, 0.05) is 0 Å². The summed E-state index contributed by atoms with van der Waals surface area (Å²) in [4.78, 5) is 0. The molecule has 0 aliphatic rings. The van der Waals surface area contributed by atoms with Gasteiger partial charge in [0.2, 0.25) is 0 Å². The zero-order chi connectivity index (χ0) is 8.85. The van der Waals surface area contributed by atoms with E-state index in [9.17, 15) is 0 Å². The Morgan fingerprint density at radius 2 is 2.00 bits per heavy atom. The lowest BCUT2D eigenvalue weighted by Crippen LogP contribution is -1.99. The molecule has 0 amide bonds. The number of allylic oxidation sites excluding steroid dienone is 4. The third kappa shape index (κ3) is 4.66. The fourth-order valence-corrected chi connectivity index (χ4v) is 0.767. The Bertz CT molecular complexity index is 177. The summed E-state index contributed by atoms with van der Waals surface area (Å²) in [6.07, 6.45) is 4.19. The molecule has 1 unspecified atom stereocenters. The molecule has 0 aromatic rings. The first kappa shape index (κ1) is 10.3. The molecule has 0 nitrogen and oxygen atoms in total. The van der Waals surface area contributed by atoms with Crippen LogP contribution in [-0.4, -0.2) is 7.28 Å². The molecule has 0 aromatic carbocycles. The highest BCUT2D eigenvalue weighted by molar-refractivity contribution is 6.43. The largest absolute Gasteiger partial charge is 0.149 e. The van der Waals surface area contributed by atoms with Gasteiger partial charge in [-0.3, -0.25) is 0 Å². The fourth-order valence-electron chi connectivity index (χ4n) is 0.767. The monoisotopic (exact) mass is 148 g/mol. The van der Waals surface area contributed by atoms with Gasteiger partial charge in [0.1, 0.15) is 7.28 Å². The summed E-state index contributed by atoms with van der Waals surface area (Å²) >= 11 is 0. The van der Waals surface area contributed by atoms with Crippen LogP contribution in [0.2, 0.25) is 6.82 Å². The molecular formula is C10H17B. The molecule has 1 atom stereocenters. The van der Waals surface area contributed by atoms with Crippen LogP contribution in [0.15, 0.2) is 36.4 Å². The van der Waals surface area contributed by atoms with E-state index >= 15 is 0 Å². The minimum atomic E-state index is 0.483. The van der Waals surface area contributed by atoms with Crippen LogP contribution in [0, 0.1) is 5.92 Å². The van der Waals surface area contributed by atoms with E-state index < -0.39 is 0 Å². The van der Waals surface area contributed by atoms with E-state index in [-0.39, 0.29) is 0 Å². The highest BCUT2D eigenvalue weighted by atomic mass is 14.0. The topological polar surface area (TPSA) is 0 Å². The molecule has 0 heterocycles. The SMILES string of the molecule is C=C(C)/C=C\C(C)C(=C)BC. The molecular weight excluding hydrogens is 131 g/mol. The molecule has 1 heteroatoms. The molecule has 0 aliphatic heterocycles. The molecule has 0 bridgehead atoms. The van der Waals surface area contributed by atoms with Crippen LogP contribution in [0.25, 0.3) is 0 Å². The van der Waals surface area contributed by atoms with Gasteiger partial charge < -0.3 is 0 Å². The summed E-state index contributed by atoms with van der Waals surface area (Å²) in [5.41, 5.74) is 2.38. The van der Waals surface area contributed by atoms with E-state index in [2.05, 4.69) is 33.0 Å². The second-order valence-electron chi connectivity index (χ2n) is 3.01. The molecule has 0 radical (unpaired) electrons. The molecule has 11 heavy (non-hydrogen) atoms. The molecule has 0 saturated carbocycles. The second-order valence-corrected chi connectivity index (χ2v) is 3.01. The summed E-state index contributed by atoms with van der Waals surface area (Å²) in [5, 5.41) is 0. The van der Waals surface area contributed by atoms with Gasteiger partial charge in [-0.05, 0) is 12.8 Å². The average molecular weight is 148 g/mol. The number of hydrogen-bond acceptors (Lipinski definition) is 0. The van der Waals surface area contributed by atoms with E-state index in [4.69, 9.17) is 0 Å². The standard InChI is InChI=1S/C10H17B/c1-8(2)6-7-9(3)10(4)11-5/h6-7,9,11H,1,4H2,2-3,5H3/b7-6-. The highest BCUT2D eigenvalue weighted by Crippen LogP contribution is 2.09. The first-order valence-electron chi connectivity index (χ1n) is 4.09. The van der Waals surface area contributed by atoms with Gasteiger partial charge in [-0.2, -0.15) is 0 Å². The predicted molar refractivity (Wildman–Crippen MR) is 55.3 cm³/mol. The Labute approximate surface area is 70.9 Å². The van der Waals surface area contributed by atoms with Gasteiger partial charge in [-0.1, -0.05) is 38.1 Å². The maximum absolute atomic E-state index is 3.97. The Hall–Kier alpha value is -0.715. The van der Waals surface area contributed by atoms with Crippen molar-refractivity contribution in [3.63, 3.8) is 0 Å². The van der Waals surface area contributed by atoms with Gasteiger partial charge in [0.25, 0.3) is 0 Å². The van der Waals surface area contributed by atoms with E-state index in [1.54, 1.807) is 0 Å². The summed E-state index contributed by atoms with van der Waals surface area (Å²) < 4.78 is 0. The van der Waals surface area contributed by atoms with Crippen molar-refractivity contribution in [2.75, 3.05) is 0 Å². The first-order chi connectivity index (χ1) is 5.07. The van der Waals surface area contributed by atoms with E-state index in [0.717, 1.165) is 12.9 Å². The Balaban J connectivity index is 3.95. The van der Waals surface area contributed by atoms with E-state index in [0.29, 0.717) is 5.92 Å². The lowest BCUT2D eigenvalue weighted by Gasteiger charge is -2.06. The van der Waals surface area contributed by atoms with Crippen molar-refractivity contribution in [2.24, 2.45) is 5.92 Å². The zero-order valence-electron chi connectivity index (χ0n) is 7.85. The van der Waals surface area contributed by atoms with Crippen LogP contribution < -0.4 is 0 Å². The van der Waals surface area contributed by atoms with Gasteiger partial charge >= 0.3 is 0 Å². The molecule has 0 aromatic heterocycles. The lowest BCUT2D eigenvalue weighted by atomic mass is 9.68. The quantitative estimate of drug-likeness (QED) is 0.424. The first-order valence-corrected chi connectivity index (χ1v) is 4.09. The van der Waals surface area contributed by atoms with Crippen LogP contribution in [-0.2, 0) is 0 Å². The molecule has 0 spiro atoms. The normalized spacial score (nSPS) is 13.0. The summed E-state index contributed by atoms with van der Waals surface area (Å²) in [7, 11) is 1.06. The smallest absolute Gasteiger partial charge is 0.108 e. The summed E-state index contributed by atoms with van der Waals surface area (Å²) in [5.74, 6) is 0.483. The van der Waals surface area contributed by atoms with Gasteiger partial charge in [0.15, 0.2) is 0 Å². The lowest BCUT2D eigenvalue weighted by molar-refractivity contribution is 0.917. The second kappa shape index (κ2) is 5.00. The maximum atomic E-state index is 3.97. The Kier molecular flexibility index (Phi) is 4.68. The summed E-state index contributed by atoms with van der Waals surface area (Å²) in [6, 6.07) is 0. The molecule has 0 rings (SSSR count). The third-order valence-corrected chi connectivity index (χ3v) is 1.77. The van der Waals surface area contributed by atoms with Crippen molar-refractivity contribution >= 4 is 7.28 Å². The minimum Gasteiger partial charge on any atom is -0.108 e. The number of rotatable bonds is 4. The minimum absolute atomic E-state index is 0.483. The van der Waals surface area contributed by atoms with Crippen molar-refractivity contribution in [1.82, 2.24) is 0 Å². The van der Waals surface area contributed by atoms with Crippen molar-refractivity contribution in [3.8, 4) is 0 Å². The van der Waals surface area contributed by atoms with Crippen molar-refractivity contribution in [1.29, 1.82) is 0 Å². The summed E-state index contributed by atoms with van der Waals surface area (Å²) in [6.45, 7) is 14.1. The van der Waals surface area contributed by atoms with Gasteiger partial charge in [0.05, 0.1) is 0 Å². The highest BCUT2D eigenvalue weighted by Gasteiger charge is 1.99. The third-order valence-electron chi connectivity index (χ3n) is 1.77. The zero-order valence-corrected chi connectivity index (χ0v) is 7.85. The Morgan fingerprint density at radius 3 is 2.36 bits per heavy atom. The molecule has 0 fully saturated rings. The fraction of sp³-hybridized carbons (Fsp3) is 0.400. The Morgan fingerprint density at radius 1 is 1.45 bits per heavy atom. The predicted octanol–water partition coefficient (Wildman–Crippen LogP) is 2.75. The average Bonchev–Trinajstić information content (AvgIpc) is 1.98. The van der Waals surface area contributed by atoms with Crippen LogP contribution in [0.3, 0.4) is 0 Å². The van der Waals surface area contributed by atoms with Gasteiger partial charge in [-0.15, -0.1) is 12.1 Å². The molecule has 0 aliphatic carbocycles. The van der Waals surface area contributed by atoms with E-state index in [1.807, 2.05) is 13.0 Å². The molecule has 0 N–H and O–H groups in total. The van der Waals surface area contributed by atoms with Crippen LogP contribution in [0.5, 0.6) is 0 Å². The van der Waals surface area contributed by atoms with Crippen molar-refractivity contribution in [2.45, 2.75) is 20.7 Å².